The molecule has 1 aliphatic rings. The molecule has 1 aromatic heterocycles. The Hall–Kier alpha value is -0.940. The van der Waals surface area contributed by atoms with Crippen molar-refractivity contribution in [1.29, 1.82) is 0 Å². The van der Waals surface area contributed by atoms with Crippen LogP contribution in [-0.2, 0) is 16.3 Å². The third-order valence-electron chi connectivity index (χ3n) is 5.59. The molecule has 0 bridgehead atoms. The van der Waals surface area contributed by atoms with E-state index in [1.807, 2.05) is 26.3 Å². The van der Waals surface area contributed by atoms with Crippen molar-refractivity contribution < 1.29 is 8.42 Å². The van der Waals surface area contributed by atoms with Gasteiger partial charge in [-0.3, -0.25) is 0 Å². The van der Waals surface area contributed by atoms with Crippen molar-refractivity contribution in [3.05, 3.63) is 29.3 Å². The van der Waals surface area contributed by atoms with Gasteiger partial charge in [0.25, 0.3) is 0 Å². The Labute approximate surface area is 155 Å². The Morgan fingerprint density at radius 1 is 1.12 bits per heavy atom. The predicted molar refractivity (Wildman–Crippen MR) is 107 cm³/mol. The molecule has 0 spiro atoms. The zero-order chi connectivity index (χ0) is 18.1. The maximum atomic E-state index is 12.4. The summed E-state index contributed by atoms with van der Waals surface area (Å²) >= 11 is 1.70. The van der Waals surface area contributed by atoms with Crippen LogP contribution in [0.3, 0.4) is 0 Å². The van der Waals surface area contributed by atoms with Crippen LogP contribution in [-0.4, -0.2) is 23.9 Å². The van der Waals surface area contributed by atoms with E-state index in [9.17, 15) is 8.42 Å². The van der Waals surface area contributed by atoms with Crippen LogP contribution in [0, 0.1) is 11.8 Å². The zero-order valence-corrected chi connectivity index (χ0v) is 17.1. The van der Waals surface area contributed by atoms with Gasteiger partial charge in [0.2, 0.25) is 0 Å². The molecule has 3 rings (SSSR count). The number of aryl methyl sites for hydroxylation is 1. The summed E-state index contributed by atoms with van der Waals surface area (Å²) in [7, 11) is -2.99. The number of benzene rings is 1. The summed E-state index contributed by atoms with van der Waals surface area (Å²) in [5, 5.41) is 0. The van der Waals surface area contributed by atoms with Crippen molar-refractivity contribution in [2.75, 3.05) is 5.75 Å². The Kier molecular flexibility index (Phi) is 5.54. The van der Waals surface area contributed by atoms with E-state index in [1.165, 1.54) is 29.5 Å². The van der Waals surface area contributed by atoms with Crippen LogP contribution in [0.5, 0.6) is 0 Å². The molecule has 0 radical (unpaired) electrons. The quantitative estimate of drug-likeness (QED) is 0.713. The van der Waals surface area contributed by atoms with E-state index in [0.29, 0.717) is 11.7 Å². The van der Waals surface area contributed by atoms with E-state index >= 15 is 0 Å². The highest BCUT2D eigenvalue weighted by atomic mass is 32.2. The lowest BCUT2D eigenvalue weighted by atomic mass is 9.80. The van der Waals surface area contributed by atoms with E-state index in [4.69, 9.17) is 0 Å². The van der Waals surface area contributed by atoms with Crippen molar-refractivity contribution in [3.63, 3.8) is 0 Å². The standard InChI is InChI=1S/C20H29NO2S2/c1-20(2,3)25(22,23)13-17-8-5-15(6-9-17)4-7-16-10-11-18-19(12-16)24-14-21-18/h10-12,14-15,17H,4-9,13H2,1-3H3. The first-order chi connectivity index (χ1) is 11.7. The first-order valence-electron chi connectivity index (χ1n) is 9.29. The van der Waals surface area contributed by atoms with Gasteiger partial charge in [0.15, 0.2) is 9.84 Å². The summed E-state index contributed by atoms with van der Waals surface area (Å²) in [6.07, 6.45) is 6.80. The molecular weight excluding hydrogens is 350 g/mol. The van der Waals surface area contributed by atoms with E-state index in [-0.39, 0.29) is 0 Å². The summed E-state index contributed by atoms with van der Waals surface area (Å²) in [6.45, 7) is 5.44. The van der Waals surface area contributed by atoms with Gasteiger partial charge in [0, 0.05) is 0 Å². The van der Waals surface area contributed by atoms with Crippen LogP contribution in [0.1, 0.15) is 58.4 Å². The monoisotopic (exact) mass is 379 g/mol. The maximum Gasteiger partial charge on any atom is 0.155 e. The van der Waals surface area contributed by atoms with Gasteiger partial charge in [-0.2, -0.15) is 0 Å². The van der Waals surface area contributed by atoms with Gasteiger partial charge in [0.05, 0.1) is 26.2 Å². The summed E-state index contributed by atoms with van der Waals surface area (Å²) in [6, 6.07) is 6.59. The summed E-state index contributed by atoms with van der Waals surface area (Å²) in [5.41, 5.74) is 4.39. The van der Waals surface area contributed by atoms with Crippen LogP contribution in [0.15, 0.2) is 23.7 Å². The lowest BCUT2D eigenvalue weighted by Gasteiger charge is -2.30. The van der Waals surface area contributed by atoms with Crippen LogP contribution in [0.25, 0.3) is 10.2 Å². The highest BCUT2D eigenvalue weighted by Crippen LogP contribution is 2.34. The van der Waals surface area contributed by atoms with Crippen molar-refractivity contribution in [2.45, 2.75) is 64.0 Å². The van der Waals surface area contributed by atoms with Crippen LogP contribution >= 0.6 is 11.3 Å². The van der Waals surface area contributed by atoms with Crippen molar-refractivity contribution in [3.8, 4) is 0 Å². The number of fused-ring (bicyclic) bond motifs is 1. The summed E-state index contributed by atoms with van der Waals surface area (Å²) < 4.78 is 25.4. The minimum Gasteiger partial charge on any atom is -0.245 e. The molecule has 1 aromatic carbocycles. The Balaban J connectivity index is 1.48. The SMILES string of the molecule is CC(C)(C)S(=O)(=O)CC1CCC(CCc2ccc3ncsc3c2)CC1. The maximum absolute atomic E-state index is 12.4. The van der Waals surface area contributed by atoms with E-state index in [2.05, 4.69) is 23.2 Å². The second-order valence-corrected chi connectivity index (χ2v) is 12.1. The largest absolute Gasteiger partial charge is 0.245 e. The predicted octanol–water partition coefficient (Wildman–Crippen LogP) is 5.25. The highest BCUT2D eigenvalue weighted by molar-refractivity contribution is 7.92. The van der Waals surface area contributed by atoms with Gasteiger partial charge >= 0.3 is 0 Å². The fraction of sp³-hybridized carbons (Fsp3) is 0.650. The fourth-order valence-electron chi connectivity index (χ4n) is 3.67. The third-order valence-corrected chi connectivity index (χ3v) is 9.16. The average molecular weight is 380 g/mol. The van der Waals surface area contributed by atoms with Gasteiger partial charge < -0.3 is 0 Å². The fourth-order valence-corrected chi connectivity index (χ4v) is 5.87. The van der Waals surface area contributed by atoms with E-state index in [1.54, 1.807) is 11.3 Å². The molecule has 0 unspecified atom stereocenters. The molecule has 1 aliphatic carbocycles. The molecule has 1 saturated carbocycles. The molecule has 3 nitrogen and oxygen atoms in total. The van der Waals surface area contributed by atoms with Crippen molar-refractivity contribution in [1.82, 2.24) is 4.98 Å². The van der Waals surface area contributed by atoms with E-state index in [0.717, 1.165) is 30.7 Å². The van der Waals surface area contributed by atoms with Gasteiger partial charge in [-0.15, -0.1) is 11.3 Å². The topological polar surface area (TPSA) is 47.0 Å². The molecule has 2 aromatic rings. The van der Waals surface area contributed by atoms with Crippen LogP contribution in [0.2, 0.25) is 0 Å². The number of hydrogen-bond acceptors (Lipinski definition) is 4. The molecule has 0 atom stereocenters. The molecule has 0 aliphatic heterocycles. The normalized spacial score (nSPS) is 22.4. The number of rotatable bonds is 5. The number of thiazole rings is 1. The van der Waals surface area contributed by atoms with Crippen molar-refractivity contribution >= 4 is 31.4 Å². The molecule has 5 heteroatoms. The second-order valence-electron chi connectivity index (χ2n) is 8.47. The minimum atomic E-state index is -2.99. The number of sulfone groups is 1. The summed E-state index contributed by atoms with van der Waals surface area (Å²) in [5.74, 6) is 1.46. The molecule has 138 valence electrons. The van der Waals surface area contributed by atoms with Gasteiger partial charge in [-0.1, -0.05) is 18.9 Å². The molecule has 1 heterocycles. The Bertz CT molecular complexity index is 810. The number of nitrogens with zero attached hydrogens (tertiary/aromatic N) is 1. The molecule has 0 amide bonds. The summed E-state index contributed by atoms with van der Waals surface area (Å²) in [4.78, 5) is 4.33. The minimum absolute atomic E-state index is 0.356. The Morgan fingerprint density at radius 2 is 1.80 bits per heavy atom. The molecule has 0 saturated heterocycles. The Morgan fingerprint density at radius 3 is 2.48 bits per heavy atom. The first kappa shape index (κ1) is 18.8. The molecule has 25 heavy (non-hydrogen) atoms. The number of aromatic nitrogens is 1. The smallest absolute Gasteiger partial charge is 0.155 e. The average Bonchev–Trinajstić information content (AvgIpc) is 3.00. The highest BCUT2D eigenvalue weighted by Gasteiger charge is 2.33. The number of hydrogen-bond donors (Lipinski definition) is 0. The van der Waals surface area contributed by atoms with Crippen LogP contribution < -0.4 is 0 Å². The molecule has 1 fully saturated rings. The molecular formula is C20H29NO2S2. The van der Waals surface area contributed by atoms with Crippen LogP contribution in [0.4, 0.5) is 0 Å². The molecule has 0 N–H and O–H groups in total. The van der Waals surface area contributed by atoms with Gasteiger partial charge in [-0.05, 0) is 76.0 Å². The first-order valence-corrected chi connectivity index (χ1v) is 11.8. The van der Waals surface area contributed by atoms with Gasteiger partial charge in [-0.25, -0.2) is 13.4 Å². The third kappa shape index (κ3) is 4.62. The van der Waals surface area contributed by atoms with Crippen molar-refractivity contribution in [2.24, 2.45) is 11.8 Å². The second kappa shape index (κ2) is 7.36. The van der Waals surface area contributed by atoms with Gasteiger partial charge in [0.1, 0.15) is 0 Å². The van der Waals surface area contributed by atoms with E-state index < -0.39 is 14.6 Å². The lowest BCUT2D eigenvalue weighted by Crippen LogP contribution is -2.34. The lowest BCUT2D eigenvalue weighted by molar-refractivity contribution is 0.278. The zero-order valence-electron chi connectivity index (χ0n) is 15.5.